The Morgan fingerprint density at radius 1 is 1.24 bits per heavy atom. The zero-order chi connectivity index (χ0) is 15.1. The number of aromatic amines is 1. The molecule has 1 heterocycles. The zero-order valence-corrected chi connectivity index (χ0v) is 13.1. The lowest BCUT2D eigenvalue weighted by Gasteiger charge is -2.21. The molecule has 0 fully saturated rings. The average molecular weight is 287 g/mol. The number of nitrogens with zero attached hydrogens (tertiary/aromatic N) is 1. The Morgan fingerprint density at radius 2 is 2.00 bits per heavy atom. The van der Waals surface area contributed by atoms with Gasteiger partial charge in [-0.05, 0) is 37.5 Å². The highest BCUT2D eigenvalue weighted by atomic mass is 16.5. The molecule has 2 unspecified atom stereocenters. The molecule has 0 bridgehead atoms. The quantitative estimate of drug-likeness (QED) is 0.771. The fourth-order valence-corrected chi connectivity index (χ4v) is 2.33. The maximum Gasteiger partial charge on any atom is 0.123 e. The molecule has 0 saturated heterocycles. The van der Waals surface area contributed by atoms with Crippen molar-refractivity contribution >= 4 is 0 Å². The van der Waals surface area contributed by atoms with E-state index in [-0.39, 0.29) is 12.1 Å². The lowest BCUT2D eigenvalue weighted by Crippen LogP contribution is -2.25. The number of aromatic nitrogens is 2. The fourth-order valence-electron chi connectivity index (χ4n) is 2.33. The van der Waals surface area contributed by atoms with E-state index in [4.69, 9.17) is 4.74 Å². The molecule has 0 saturated carbocycles. The molecular weight excluding hydrogens is 262 g/mol. The summed E-state index contributed by atoms with van der Waals surface area (Å²) in [5, 5.41) is 3.61. The second kappa shape index (κ2) is 7.84. The van der Waals surface area contributed by atoms with Crippen molar-refractivity contribution in [1.82, 2.24) is 15.3 Å². The van der Waals surface area contributed by atoms with Gasteiger partial charge in [0.05, 0.1) is 12.6 Å². The molecule has 0 amide bonds. The van der Waals surface area contributed by atoms with E-state index in [1.807, 2.05) is 18.3 Å². The van der Waals surface area contributed by atoms with Crippen molar-refractivity contribution in [2.24, 2.45) is 0 Å². The predicted molar refractivity (Wildman–Crippen MR) is 85.4 cm³/mol. The summed E-state index contributed by atoms with van der Waals surface area (Å²) in [6.07, 6.45) is 5.69. The normalized spacial score (nSPS) is 13.9. The van der Waals surface area contributed by atoms with Gasteiger partial charge in [0.25, 0.3) is 0 Å². The molecule has 21 heavy (non-hydrogen) atoms. The van der Waals surface area contributed by atoms with Gasteiger partial charge >= 0.3 is 0 Å². The van der Waals surface area contributed by atoms with Crippen molar-refractivity contribution in [1.29, 1.82) is 0 Å². The van der Waals surface area contributed by atoms with Gasteiger partial charge in [-0.2, -0.15) is 0 Å². The highest BCUT2D eigenvalue weighted by molar-refractivity contribution is 5.29. The third-order valence-corrected chi connectivity index (χ3v) is 3.56. The van der Waals surface area contributed by atoms with E-state index in [2.05, 4.69) is 48.2 Å². The molecule has 0 radical (unpaired) electrons. The van der Waals surface area contributed by atoms with E-state index >= 15 is 0 Å². The van der Waals surface area contributed by atoms with E-state index in [0.717, 1.165) is 31.0 Å². The summed E-state index contributed by atoms with van der Waals surface area (Å²) in [5.74, 6) is 1.93. The van der Waals surface area contributed by atoms with E-state index < -0.39 is 0 Å². The molecule has 1 aromatic heterocycles. The van der Waals surface area contributed by atoms with E-state index in [1.54, 1.807) is 6.20 Å². The number of hydrogen-bond acceptors (Lipinski definition) is 3. The molecule has 4 heteroatoms. The van der Waals surface area contributed by atoms with Crippen molar-refractivity contribution in [3.05, 3.63) is 48.0 Å². The van der Waals surface area contributed by atoms with Crippen LogP contribution in [0.4, 0.5) is 0 Å². The summed E-state index contributed by atoms with van der Waals surface area (Å²) in [6.45, 7) is 7.21. The first-order valence-electron chi connectivity index (χ1n) is 7.72. The fraction of sp³-hybridized carbons (Fsp3) is 0.471. The Morgan fingerprint density at radius 3 is 2.57 bits per heavy atom. The van der Waals surface area contributed by atoms with Crippen molar-refractivity contribution in [2.45, 2.75) is 45.7 Å². The molecule has 2 aromatic rings. The third kappa shape index (κ3) is 4.33. The van der Waals surface area contributed by atoms with Crippen LogP contribution in [0.5, 0.6) is 5.75 Å². The molecular formula is C17H25N3O. The van der Waals surface area contributed by atoms with Crippen LogP contribution in [0.25, 0.3) is 0 Å². The molecule has 0 aliphatic heterocycles. The monoisotopic (exact) mass is 287 g/mol. The molecule has 4 nitrogen and oxygen atoms in total. The van der Waals surface area contributed by atoms with Crippen molar-refractivity contribution in [3.8, 4) is 5.75 Å². The van der Waals surface area contributed by atoms with Gasteiger partial charge in [0.1, 0.15) is 11.6 Å². The number of nitrogens with one attached hydrogen (secondary N) is 2. The molecule has 2 atom stereocenters. The number of benzene rings is 1. The summed E-state index contributed by atoms with van der Waals surface area (Å²) in [5.41, 5.74) is 1.25. The first kappa shape index (κ1) is 15.6. The minimum atomic E-state index is 0.242. The summed E-state index contributed by atoms with van der Waals surface area (Å²) in [7, 11) is 0. The number of H-pyrrole nitrogens is 1. The summed E-state index contributed by atoms with van der Waals surface area (Å²) in [4.78, 5) is 7.53. The van der Waals surface area contributed by atoms with Crippen molar-refractivity contribution < 1.29 is 4.74 Å². The van der Waals surface area contributed by atoms with Crippen LogP contribution in [0.3, 0.4) is 0 Å². The number of hydrogen-bond donors (Lipinski definition) is 2. The lowest BCUT2D eigenvalue weighted by atomic mass is 10.1. The van der Waals surface area contributed by atoms with Crippen molar-refractivity contribution in [3.63, 3.8) is 0 Å². The SMILES string of the molecule is CCCOc1ccc(C(C)NC(CC)c2ncc[nH]2)cc1. The Balaban J connectivity index is 1.97. The number of rotatable bonds is 8. The van der Waals surface area contributed by atoms with E-state index in [1.165, 1.54) is 5.56 Å². The van der Waals surface area contributed by atoms with E-state index in [9.17, 15) is 0 Å². The van der Waals surface area contributed by atoms with Crippen molar-refractivity contribution in [2.75, 3.05) is 6.61 Å². The highest BCUT2D eigenvalue weighted by Gasteiger charge is 2.15. The minimum Gasteiger partial charge on any atom is -0.494 e. The van der Waals surface area contributed by atoms with Gasteiger partial charge in [-0.3, -0.25) is 0 Å². The lowest BCUT2D eigenvalue weighted by molar-refractivity contribution is 0.317. The second-order valence-corrected chi connectivity index (χ2v) is 5.24. The van der Waals surface area contributed by atoms with Crippen LogP contribution in [-0.4, -0.2) is 16.6 Å². The van der Waals surface area contributed by atoms with Gasteiger partial charge in [-0.1, -0.05) is 26.0 Å². The Kier molecular flexibility index (Phi) is 5.81. The highest BCUT2D eigenvalue weighted by Crippen LogP contribution is 2.22. The molecule has 114 valence electrons. The molecule has 2 N–H and O–H groups in total. The topological polar surface area (TPSA) is 49.9 Å². The Labute approximate surface area is 127 Å². The second-order valence-electron chi connectivity index (χ2n) is 5.24. The van der Waals surface area contributed by atoms with Crippen LogP contribution in [0.2, 0.25) is 0 Å². The van der Waals surface area contributed by atoms with E-state index in [0.29, 0.717) is 0 Å². The largest absolute Gasteiger partial charge is 0.494 e. The van der Waals surface area contributed by atoms with Gasteiger partial charge in [0.15, 0.2) is 0 Å². The third-order valence-electron chi connectivity index (χ3n) is 3.56. The molecule has 0 aliphatic carbocycles. The summed E-state index contributed by atoms with van der Waals surface area (Å²) in [6, 6.07) is 8.83. The van der Waals surface area contributed by atoms with Crippen LogP contribution in [-0.2, 0) is 0 Å². The standard InChI is InChI=1S/C17H25N3O/c1-4-12-21-15-8-6-14(7-9-15)13(3)20-16(5-2)17-18-10-11-19-17/h6-11,13,16,20H,4-5,12H2,1-3H3,(H,18,19). The minimum absolute atomic E-state index is 0.242. The van der Waals surface area contributed by atoms with Gasteiger partial charge in [-0.15, -0.1) is 0 Å². The average Bonchev–Trinajstić information content (AvgIpc) is 3.05. The van der Waals surface area contributed by atoms with Gasteiger partial charge in [0.2, 0.25) is 0 Å². The summed E-state index contributed by atoms with van der Waals surface area (Å²) >= 11 is 0. The van der Waals surface area contributed by atoms with Crippen LogP contribution in [0.15, 0.2) is 36.7 Å². The molecule has 0 spiro atoms. The maximum absolute atomic E-state index is 5.62. The first-order valence-corrected chi connectivity index (χ1v) is 7.72. The maximum atomic E-state index is 5.62. The zero-order valence-electron chi connectivity index (χ0n) is 13.1. The molecule has 2 rings (SSSR count). The molecule has 0 aliphatic rings. The number of ether oxygens (including phenoxy) is 1. The van der Waals surface area contributed by atoms with Gasteiger partial charge < -0.3 is 15.0 Å². The number of imidazole rings is 1. The van der Waals surface area contributed by atoms with Gasteiger partial charge in [-0.25, -0.2) is 4.98 Å². The Hall–Kier alpha value is -1.81. The van der Waals surface area contributed by atoms with Gasteiger partial charge in [0, 0.05) is 18.4 Å². The van der Waals surface area contributed by atoms with Crippen LogP contribution in [0.1, 0.15) is 57.1 Å². The Bertz CT molecular complexity index is 507. The predicted octanol–water partition coefficient (Wildman–Crippen LogP) is 4.00. The summed E-state index contributed by atoms with van der Waals surface area (Å²) < 4.78 is 5.62. The van der Waals surface area contributed by atoms with Crippen LogP contribution < -0.4 is 10.1 Å². The first-order chi connectivity index (χ1) is 10.2. The smallest absolute Gasteiger partial charge is 0.123 e. The van der Waals surface area contributed by atoms with Crippen LogP contribution in [0, 0.1) is 0 Å². The molecule has 1 aromatic carbocycles. The van der Waals surface area contributed by atoms with Crippen LogP contribution >= 0.6 is 0 Å².